The van der Waals surface area contributed by atoms with Crippen LogP contribution in [0.2, 0.25) is 0 Å². The second-order valence-corrected chi connectivity index (χ2v) is 4.20. The van der Waals surface area contributed by atoms with Gasteiger partial charge in [-0.05, 0) is 41.5 Å². The molecule has 0 aliphatic carbocycles. The van der Waals surface area contributed by atoms with Crippen molar-refractivity contribution >= 4 is 22.8 Å². The number of benzene rings is 2. The fourth-order valence-corrected chi connectivity index (χ4v) is 1.87. The van der Waals surface area contributed by atoms with Crippen molar-refractivity contribution in [3.8, 4) is 5.75 Å². The highest BCUT2D eigenvalue weighted by atomic mass is 16.5. The minimum Gasteiger partial charge on any atom is -0.508 e. The quantitative estimate of drug-likeness (QED) is 0.851. The van der Waals surface area contributed by atoms with E-state index in [1.807, 2.05) is 30.3 Å². The molecule has 0 saturated heterocycles. The van der Waals surface area contributed by atoms with E-state index in [-0.39, 0.29) is 18.1 Å². The Morgan fingerprint density at radius 1 is 1.21 bits per heavy atom. The highest BCUT2D eigenvalue weighted by Crippen LogP contribution is 2.21. The molecule has 2 rings (SSSR count). The summed E-state index contributed by atoms with van der Waals surface area (Å²) in [6.45, 7) is 2.20. The first-order valence-corrected chi connectivity index (χ1v) is 6.24. The van der Waals surface area contributed by atoms with Crippen molar-refractivity contribution in [1.29, 1.82) is 0 Å². The standard InChI is InChI=1S/C16H16O3/c1-2-19-16(18)5-3-4-12-6-7-14-11-15(17)9-8-13(14)10-12/h3-4,6-11,17H,2,5H2,1H3. The average molecular weight is 256 g/mol. The van der Waals surface area contributed by atoms with Gasteiger partial charge in [-0.15, -0.1) is 0 Å². The minimum absolute atomic E-state index is 0.218. The van der Waals surface area contributed by atoms with Gasteiger partial charge >= 0.3 is 5.97 Å². The van der Waals surface area contributed by atoms with Crippen LogP contribution in [0, 0.1) is 0 Å². The highest BCUT2D eigenvalue weighted by Gasteiger charge is 1.98. The van der Waals surface area contributed by atoms with Crippen LogP contribution in [-0.4, -0.2) is 17.7 Å². The molecule has 0 heterocycles. The Kier molecular flexibility index (Phi) is 4.18. The number of aromatic hydroxyl groups is 1. The summed E-state index contributed by atoms with van der Waals surface area (Å²) in [4.78, 5) is 11.2. The van der Waals surface area contributed by atoms with Crippen LogP contribution >= 0.6 is 0 Å². The summed E-state index contributed by atoms with van der Waals surface area (Å²) in [7, 11) is 0. The van der Waals surface area contributed by atoms with Crippen molar-refractivity contribution in [3.63, 3.8) is 0 Å². The number of phenolic OH excluding ortho intramolecular Hbond substituents is 1. The summed E-state index contributed by atoms with van der Waals surface area (Å²) in [6.07, 6.45) is 3.96. The number of esters is 1. The number of carbonyl (C=O) groups excluding carboxylic acids is 1. The van der Waals surface area contributed by atoms with E-state index >= 15 is 0 Å². The maximum Gasteiger partial charge on any atom is 0.309 e. The molecule has 1 N–H and O–H groups in total. The smallest absolute Gasteiger partial charge is 0.309 e. The Bertz CT molecular complexity index is 614. The fourth-order valence-electron chi connectivity index (χ4n) is 1.87. The summed E-state index contributed by atoms with van der Waals surface area (Å²) in [5.74, 6) is 0.0440. The lowest BCUT2D eigenvalue weighted by molar-refractivity contribution is -0.142. The monoisotopic (exact) mass is 256 g/mol. The van der Waals surface area contributed by atoms with Crippen molar-refractivity contribution in [1.82, 2.24) is 0 Å². The topological polar surface area (TPSA) is 46.5 Å². The van der Waals surface area contributed by atoms with Gasteiger partial charge in [0.2, 0.25) is 0 Å². The molecule has 0 aliphatic heterocycles. The lowest BCUT2D eigenvalue weighted by Gasteiger charge is -2.01. The zero-order valence-corrected chi connectivity index (χ0v) is 10.8. The number of rotatable bonds is 4. The lowest BCUT2D eigenvalue weighted by atomic mass is 10.1. The predicted octanol–water partition coefficient (Wildman–Crippen LogP) is 3.51. The molecule has 0 bridgehead atoms. The van der Waals surface area contributed by atoms with Crippen LogP contribution in [0.5, 0.6) is 5.75 Å². The fraction of sp³-hybridized carbons (Fsp3) is 0.188. The molecular weight excluding hydrogens is 240 g/mol. The molecule has 0 fully saturated rings. The summed E-state index contributed by atoms with van der Waals surface area (Å²) in [6, 6.07) is 11.2. The first kappa shape index (κ1) is 13.1. The lowest BCUT2D eigenvalue weighted by Crippen LogP contribution is -2.01. The van der Waals surface area contributed by atoms with Gasteiger partial charge in [0.25, 0.3) is 0 Å². The number of ether oxygens (including phenoxy) is 1. The van der Waals surface area contributed by atoms with Gasteiger partial charge in [-0.3, -0.25) is 4.79 Å². The van der Waals surface area contributed by atoms with Crippen LogP contribution < -0.4 is 0 Å². The normalized spacial score (nSPS) is 11.0. The molecule has 2 aromatic rings. The van der Waals surface area contributed by atoms with Gasteiger partial charge in [0.05, 0.1) is 13.0 Å². The number of hydrogen-bond donors (Lipinski definition) is 1. The van der Waals surface area contributed by atoms with Crippen LogP contribution in [0.25, 0.3) is 16.8 Å². The summed E-state index contributed by atoms with van der Waals surface area (Å²) in [5, 5.41) is 11.4. The van der Waals surface area contributed by atoms with E-state index in [9.17, 15) is 9.90 Å². The molecule has 0 unspecified atom stereocenters. The van der Waals surface area contributed by atoms with Crippen molar-refractivity contribution in [2.24, 2.45) is 0 Å². The van der Waals surface area contributed by atoms with Gasteiger partial charge in [-0.25, -0.2) is 0 Å². The van der Waals surface area contributed by atoms with E-state index in [1.54, 1.807) is 25.1 Å². The Hall–Kier alpha value is -2.29. The van der Waals surface area contributed by atoms with Crippen molar-refractivity contribution in [3.05, 3.63) is 48.0 Å². The van der Waals surface area contributed by atoms with E-state index in [2.05, 4.69) is 0 Å². The first-order chi connectivity index (χ1) is 9.19. The zero-order valence-electron chi connectivity index (χ0n) is 10.8. The Balaban J connectivity index is 2.11. The third-order valence-corrected chi connectivity index (χ3v) is 2.75. The molecule has 0 atom stereocenters. The molecule has 0 aromatic heterocycles. The van der Waals surface area contributed by atoms with Crippen LogP contribution in [0.1, 0.15) is 18.9 Å². The van der Waals surface area contributed by atoms with Gasteiger partial charge in [-0.2, -0.15) is 0 Å². The van der Waals surface area contributed by atoms with Crippen molar-refractivity contribution < 1.29 is 14.6 Å². The first-order valence-electron chi connectivity index (χ1n) is 6.24. The van der Waals surface area contributed by atoms with E-state index < -0.39 is 0 Å². The number of carbonyl (C=O) groups is 1. The Morgan fingerprint density at radius 2 is 1.95 bits per heavy atom. The predicted molar refractivity (Wildman–Crippen MR) is 75.9 cm³/mol. The molecule has 0 saturated carbocycles. The third kappa shape index (κ3) is 3.58. The number of fused-ring (bicyclic) bond motifs is 1. The van der Waals surface area contributed by atoms with Crippen molar-refractivity contribution in [2.45, 2.75) is 13.3 Å². The molecule has 3 heteroatoms. The Labute approximate surface area is 112 Å². The molecular formula is C16H16O3. The second kappa shape index (κ2) is 6.05. The van der Waals surface area contributed by atoms with E-state index in [0.717, 1.165) is 16.3 Å². The minimum atomic E-state index is -0.218. The second-order valence-electron chi connectivity index (χ2n) is 4.20. The van der Waals surface area contributed by atoms with Crippen LogP contribution in [-0.2, 0) is 9.53 Å². The van der Waals surface area contributed by atoms with Crippen LogP contribution in [0.4, 0.5) is 0 Å². The maximum absolute atomic E-state index is 11.2. The zero-order chi connectivity index (χ0) is 13.7. The van der Waals surface area contributed by atoms with Crippen LogP contribution in [0.15, 0.2) is 42.5 Å². The van der Waals surface area contributed by atoms with E-state index in [0.29, 0.717) is 6.61 Å². The maximum atomic E-state index is 11.2. The molecule has 0 spiro atoms. The molecule has 2 aromatic carbocycles. The molecule has 0 radical (unpaired) electrons. The molecule has 98 valence electrons. The van der Waals surface area contributed by atoms with Gasteiger partial charge in [-0.1, -0.05) is 30.4 Å². The summed E-state index contributed by atoms with van der Waals surface area (Å²) >= 11 is 0. The number of phenols is 1. The third-order valence-electron chi connectivity index (χ3n) is 2.75. The van der Waals surface area contributed by atoms with Gasteiger partial charge < -0.3 is 9.84 Å². The van der Waals surface area contributed by atoms with Gasteiger partial charge in [0, 0.05) is 0 Å². The van der Waals surface area contributed by atoms with Gasteiger partial charge in [0.15, 0.2) is 0 Å². The summed E-state index contributed by atoms with van der Waals surface area (Å²) in [5.41, 5.74) is 1.02. The molecule has 3 nitrogen and oxygen atoms in total. The number of hydrogen-bond acceptors (Lipinski definition) is 3. The van der Waals surface area contributed by atoms with Crippen LogP contribution in [0.3, 0.4) is 0 Å². The SMILES string of the molecule is CCOC(=O)CC=Cc1ccc2cc(O)ccc2c1. The van der Waals surface area contributed by atoms with E-state index in [4.69, 9.17) is 4.74 Å². The van der Waals surface area contributed by atoms with Gasteiger partial charge in [0.1, 0.15) is 5.75 Å². The average Bonchev–Trinajstić information content (AvgIpc) is 2.39. The molecule has 19 heavy (non-hydrogen) atoms. The Morgan fingerprint density at radius 3 is 2.74 bits per heavy atom. The van der Waals surface area contributed by atoms with Crippen molar-refractivity contribution in [2.75, 3.05) is 6.61 Å². The molecule has 0 amide bonds. The largest absolute Gasteiger partial charge is 0.508 e. The summed E-state index contributed by atoms with van der Waals surface area (Å²) < 4.78 is 4.85. The molecule has 0 aliphatic rings. The van der Waals surface area contributed by atoms with E-state index in [1.165, 1.54) is 0 Å². The highest BCUT2D eigenvalue weighted by molar-refractivity contribution is 5.86.